The predicted molar refractivity (Wildman–Crippen MR) is 50.2 cm³/mol. The summed E-state index contributed by atoms with van der Waals surface area (Å²) in [6, 6.07) is 1.87. The molecule has 62 valence electrons. The molecule has 2 aromatic heterocycles. The van der Waals surface area contributed by atoms with E-state index in [1.54, 1.807) is 0 Å². The third-order valence-corrected chi connectivity index (χ3v) is 2.49. The summed E-state index contributed by atoms with van der Waals surface area (Å²) >= 11 is 7.17. The first-order valence-electron chi connectivity index (χ1n) is 3.18. The van der Waals surface area contributed by atoms with Gasteiger partial charge >= 0.3 is 0 Å². The first-order chi connectivity index (χ1) is 5.81. The van der Waals surface area contributed by atoms with Crippen molar-refractivity contribution in [2.45, 2.75) is 0 Å². The maximum Gasteiger partial charge on any atom is 0.225 e. The summed E-state index contributed by atoms with van der Waals surface area (Å²) in [6.45, 7) is 0. The maximum atomic E-state index is 5.65. The van der Waals surface area contributed by atoms with Crippen molar-refractivity contribution in [1.82, 2.24) is 9.97 Å². The summed E-state index contributed by atoms with van der Waals surface area (Å²) in [4.78, 5) is 7.93. The van der Waals surface area contributed by atoms with E-state index < -0.39 is 0 Å². The van der Waals surface area contributed by atoms with Gasteiger partial charge in [0.05, 0.1) is 10.2 Å². The molecule has 0 aliphatic heterocycles. The first-order valence-corrected chi connectivity index (χ1v) is 4.44. The topological polar surface area (TPSA) is 63.8 Å². The van der Waals surface area contributed by atoms with Gasteiger partial charge in [0.25, 0.3) is 0 Å². The molecule has 2 heterocycles. The van der Waals surface area contributed by atoms with Gasteiger partial charge < -0.3 is 5.43 Å². The molecule has 3 N–H and O–H groups in total. The number of hydrazine groups is 1. The number of hydrogen-bond donors (Lipinski definition) is 2. The average Bonchev–Trinajstić information content (AvgIpc) is 2.50. The van der Waals surface area contributed by atoms with Gasteiger partial charge in [-0.2, -0.15) is 4.98 Å². The van der Waals surface area contributed by atoms with E-state index in [2.05, 4.69) is 15.4 Å². The second-order valence-corrected chi connectivity index (χ2v) is 3.37. The third kappa shape index (κ3) is 1.12. The van der Waals surface area contributed by atoms with Gasteiger partial charge in [0, 0.05) is 0 Å². The molecule has 0 amide bonds. The normalized spacial score (nSPS) is 10.5. The maximum absolute atomic E-state index is 5.65. The van der Waals surface area contributed by atoms with E-state index in [1.165, 1.54) is 11.3 Å². The molecule has 0 aromatic carbocycles. The van der Waals surface area contributed by atoms with E-state index >= 15 is 0 Å². The van der Waals surface area contributed by atoms with Gasteiger partial charge in [-0.15, -0.1) is 11.3 Å². The van der Waals surface area contributed by atoms with Crippen LogP contribution >= 0.6 is 22.9 Å². The SMILES string of the molecule is NNc1nc(Cl)nc2ccsc12. The van der Waals surface area contributed by atoms with Crippen molar-refractivity contribution in [3.8, 4) is 0 Å². The number of rotatable bonds is 1. The summed E-state index contributed by atoms with van der Waals surface area (Å²) in [5, 5.41) is 2.12. The lowest BCUT2D eigenvalue weighted by molar-refractivity contribution is 1.19. The molecule has 0 atom stereocenters. The highest BCUT2D eigenvalue weighted by atomic mass is 35.5. The van der Waals surface area contributed by atoms with Crippen molar-refractivity contribution in [3.63, 3.8) is 0 Å². The number of nitrogens with one attached hydrogen (secondary N) is 1. The fraction of sp³-hybridized carbons (Fsp3) is 0. The summed E-state index contributed by atoms with van der Waals surface area (Å²) in [6.07, 6.45) is 0. The molecule has 0 aliphatic carbocycles. The van der Waals surface area contributed by atoms with Crippen LogP contribution in [0, 0.1) is 0 Å². The number of nitrogen functional groups attached to an aromatic ring is 1. The minimum Gasteiger partial charge on any atom is -0.307 e. The minimum absolute atomic E-state index is 0.203. The van der Waals surface area contributed by atoms with Crippen LogP contribution in [0.2, 0.25) is 5.28 Å². The summed E-state index contributed by atoms with van der Waals surface area (Å²) in [5.41, 5.74) is 3.28. The van der Waals surface area contributed by atoms with Gasteiger partial charge in [-0.1, -0.05) is 0 Å². The molecule has 0 bridgehead atoms. The molecule has 2 aromatic rings. The van der Waals surface area contributed by atoms with Crippen molar-refractivity contribution in [2.24, 2.45) is 5.84 Å². The number of anilines is 1. The van der Waals surface area contributed by atoms with Crippen molar-refractivity contribution >= 4 is 39.0 Å². The van der Waals surface area contributed by atoms with Crippen LogP contribution in [-0.4, -0.2) is 9.97 Å². The van der Waals surface area contributed by atoms with Gasteiger partial charge in [0.1, 0.15) is 0 Å². The lowest BCUT2D eigenvalue weighted by Gasteiger charge is -1.99. The van der Waals surface area contributed by atoms with E-state index in [4.69, 9.17) is 17.4 Å². The number of fused-ring (bicyclic) bond motifs is 1. The quantitative estimate of drug-likeness (QED) is 0.417. The zero-order chi connectivity index (χ0) is 8.55. The van der Waals surface area contributed by atoms with E-state index in [0.717, 1.165) is 10.2 Å². The molecule has 0 saturated carbocycles. The second kappa shape index (κ2) is 2.85. The molecule has 0 unspecified atom stereocenters. The Morgan fingerprint density at radius 2 is 2.33 bits per heavy atom. The molecular formula is C6H5ClN4S. The zero-order valence-electron chi connectivity index (χ0n) is 5.91. The van der Waals surface area contributed by atoms with E-state index in [-0.39, 0.29) is 5.28 Å². The Balaban J connectivity index is 2.80. The number of nitrogens with zero attached hydrogens (tertiary/aromatic N) is 2. The Bertz CT molecular complexity index is 413. The van der Waals surface area contributed by atoms with Crippen LogP contribution in [0.1, 0.15) is 0 Å². The van der Waals surface area contributed by atoms with Crippen molar-refractivity contribution in [3.05, 3.63) is 16.7 Å². The fourth-order valence-electron chi connectivity index (χ4n) is 0.933. The molecule has 0 saturated heterocycles. The van der Waals surface area contributed by atoms with Crippen LogP contribution in [0.5, 0.6) is 0 Å². The molecule has 0 fully saturated rings. The van der Waals surface area contributed by atoms with Crippen molar-refractivity contribution < 1.29 is 0 Å². The number of aromatic nitrogens is 2. The number of hydrogen-bond acceptors (Lipinski definition) is 5. The van der Waals surface area contributed by atoms with Crippen LogP contribution in [0.25, 0.3) is 10.2 Å². The molecule has 0 aliphatic rings. The first kappa shape index (κ1) is 7.72. The standard InChI is InChI=1S/C6H5ClN4S/c7-6-9-3-1-2-12-4(3)5(10-6)11-8/h1-2H,8H2,(H,9,10,11). The van der Waals surface area contributed by atoms with Gasteiger partial charge in [-0.05, 0) is 23.0 Å². The van der Waals surface area contributed by atoms with Gasteiger partial charge in [0.2, 0.25) is 5.28 Å². The molecular weight excluding hydrogens is 196 g/mol. The molecule has 0 spiro atoms. The minimum atomic E-state index is 0.203. The van der Waals surface area contributed by atoms with Gasteiger partial charge in [-0.25, -0.2) is 10.8 Å². The number of thiophene rings is 1. The largest absolute Gasteiger partial charge is 0.307 e. The molecule has 6 heteroatoms. The monoisotopic (exact) mass is 200 g/mol. The zero-order valence-corrected chi connectivity index (χ0v) is 7.49. The van der Waals surface area contributed by atoms with Crippen LogP contribution in [0.15, 0.2) is 11.4 Å². The molecule has 0 radical (unpaired) electrons. The van der Waals surface area contributed by atoms with Crippen LogP contribution in [0.3, 0.4) is 0 Å². The Hall–Kier alpha value is -0.910. The Labute approximate surface area is 77.4 Å². The Kier molecular flexibility index (Phi) is 1.84. The smallest absolute Gasteiger partial charge is 0.225 e. The van der Waals surface area contributed by atoms with Crippen molar-refractivity contribution in [2.75, 3.05) is 5.43 Å². The number of halogens is 1. The lowest BCUT2D eigenvalue weighted by Crippen LogP contribution is -2.08. The average molecular weight is 201 g/mol. The highest BCUT2D eigenvalue weighted by molar-refractivity contribution is 7.17. The third-order valence-electron chi connectivity index (χ3n) is 1.41. The van der Waals surface area contributed by atoms with Crippen LogP contribution in [0.4, 0.5) is 5.82 Å². The van der Waals surface area contributed by atoms with Crippen LogP contribution < -0.4 is 11.3 Å². The second-order valence-electron chi connectivity index (χ2n) is 2.12. The predicted octanol–water partition coefficient (Wildman–Crippen LogP) is 1.63. The van der Waals surface area contributed by atoms with Gasteiger partial charge in [0.15, 0.2) is 5.82 Å². The van der Waals surface area contributed by atoms with E-state index in [1.807, 2.05) is 11.4 Å². The van der Waals surface area contributed by atoms with Crippen molar-refractivity contribution in [1.29, 1.82) is 0 Å². The summed E-state index contributed by atoms with van der Waals surface area (Å²) in [5.74, 6) is 5.82. The highest BCUT2D eigenvalue weighted by Gasteiger charge is 2.05. The molecule has 4 nitrogen and oxygen atoms in total. The van der Waals surface area contributed by atoms with E-state index in [9.17, 15) is 0 Å². The summed E-state index contributed by atoms with van der Waals surface area (Å²) in [7, 11) is 0. The number of nitrogens with two attached hydrogens (primary N) is 1. The lowest BCUT2D eigenvalue weighted by atomic mass is 10.4. The fourth-order valence-corrected chi connectivity index (χ4v) is 1.89. The Morgan fingerprint density at radius 3 is 3.08 bits per heavy atom. The van der Waals surface area contributed by atoms with Crippen LogP contribution in [-0.2, 0) is 0 Å². The van der Waals surface area contributed by atoms with Gasteiger partial charge in [-0.3, -0.25) is 0 Å². The van der Waals surface area contributed by atoms with E-state index in [0.29, 0.717) is 5.82 Å². The Morgan fingerprint density at radius 1 is 1.50 bits per heavy atom. The molecule has 12 heavy (non-hydrogen) atoms. The summed E-state index contributed by atoms with van der Waals surface area (Å²) < 4.78 is 0.918. The highest BCUT2D eigenvalue weighted by Crippen LogP contribution is 2.26. The molecule has 2 rings (SSSR count).